The van der Waals surface area contributed by atoms with Crippen molar-refractivity contribution in [1.82, 2.24) is 10.6 Å². The lowest BCUT2D eigenvalue weighted by atomic mass is 10.2. The third-order valence-corrected chi connectivity index (χ3v) is 2.18. The Kier molecular flexibility index (Phi) is 8.27. The predicted molar refractivity (Wildman–Crippen MR) is 65.5 cm³/mol. The first kappa shape index (κ1) is 17.2. The lowest BCUT2D eigenvalue weighted by Gasteiger charge is -2.17. The van der Waals surface area contributed by atoms with Crippen LogP contribution < -0.4 is 10.6 Å². The van der Waals surface area contributed by atoms with Gasteiger partial charge in [0.25, 0.3) is 0 Å². The van der Waals surface area contributed by atoms with Gasteiger partial charge in [0.05, 0.1) is 12.7 Å². The Morgan fingerprint density at radius 3 is 2.42 bits per heavy atom. The van der Waals surface area contributed by atoms with Crippen molar-refractivity contribution in [3.8, 4) is 0 Å². The van der Waals surface area contributed by atoms with E-state index in [0.29, 0.717) is 13.0 Å². The molecule has 0 radical (unpaired) electrons. The standard InChI is InChI=1S/C11H20N2O6/c1-3-19-8(15)5-4-6-12-11(18)13-9(7(2)14)10(16)17/h7,9,14H,3-6H2,1-2H3,(H,16,17)(H2,12,13,18)/t7-,9+/m1/s1. The fourth-order valence-corrected chi connectivity index (χ4v) is 1.25. The van der Waals surface area contributed by atoms with Crippen molar-refractivity contribution in [2.75, 3.05) is 13.2 Å². The first-order valence-corrected chi connectivity index (χ1v) is 5.99. The van der Waals surface area contributed by atoms with Gasteiger partial charge in [0.1, 0.15) is 0 Å². The third kappa shape index (κ3) is 7.98. The molecule has 0 aliphatic rings. The van der Waals surface area contributed by atoms with Crippen LogP contribution in [0, 0.1) is 0 Å². The highest BCUT2D eigenvalue weighted by Crippen LogP contribution is 1.94. The van der Waals surface area contributed by atoms with Gasteiger partial charge in [0.15, 0.2) is 6.04 Å². The summed E-state index contributed by atoms with van der Waals surface area (Å²) in [6.45, 7) is 3.48. The highest BCUT2D eigenvalue weighted by Gasteiger charge is 2.24. The zero-order valence-electron chi connectivity index (χ0n) is 11.0. The molecule has 2 atom stereocenters. The number of amides is 2. The van der Waals surface area contributed by atoms with E-state index in [1.807, 2.05) is 0 Å². The van der Waals surface area contributed by atoms with Crippen LogP contribution in [0.2, 0.25) is 0 Å². The number of hydrogen-bond acceptors (Lipinski definition) is 5. The van der Waals surface area contributed by atoms with Crippen LogP contribution in [0.5, 0.6) is 0 Å². The van der Waals surface area contributed by atoms with Crippen molar-refractivity contribution in [2.45, 2.75) is 38.8 Å². The topological polar surface area (TPSA) is 125 Å². The maximum Gasteiger partial charge on any atom is 0.328 e. The van der Waals surface area contributed by atoms with Crippen LogP contribution in [0.15, 0.2) is 0 Å². The summed E-state index contributed by atoms with van der Waals surface area (Å²) < 4.78 is 4.70. The summed E-state index contributed by atoms with van der Waals surface area (Å²) in [6.07, 6.45) is -0.645. The molecule has 4 N–H and O–H groups in total. The Morgan fingerprint density at radius 2 is 1.95 bits per heavy atom. The fourth-order valence-electron chi connectivity index (χ4n) is 1.25. The van der Waals surface area contributed by atoms with Gasteiger partial charge in [-0.05, 0) is 20.3 Å². The van der Waals surface area contributed by atoms with Crippen LogP contribution in [0.3, 0.4) is 0 Å². The zero-order valence-corrected chi connectivity index (χ0v) is 11.0. The molecule has 19 heavy (non-hydrogen) atoms. The largest absolute Gasteiger partial charge is 0.480 e. The van der Waals surface area contributed by atoms with Gasteiger partial charge in [-0.1, -0.05) is 0 Å². The van der Waals surface area contributed by atoms with Crippen LogP contribution in [0.4, 0.5) is 4.79 Å². The molecule has 8 heteroatoms. The molecule has 0 saturated heterocycles. The summed E-state index contributed by atoms with van der Waals surface area (Å²) in [5.74, 6) is -1.67. The number of urea groups is 1. The molecule has 0 aromatic heterocycles. The van der Waals surface area contributed by atoms with Crippen molar-refractivity contribution in [3.63, 3.8) is 0 Å². The second-order valence-electron chi connectivity index (χ2n) is 3.87. The van der Waals surface area contributed by atoms with Gasteiger partial charge in [-0.2, -0.15) is 0 Å². The van der Waals surface area contributed by atoms with E-state index in [-0.39, 0.29) is 18.9 Å². The second-order valence-corrected chi connectivity index (χ2v) is 3.87. The third-order valence-electron chi connectivity index (χ3n) is 2.18. The van der Waals surface area contributed by atoms with Crippen LogP contribution in [0.1, 0.15) is 26.7 Å². The molecule has 0 aromatic carbocycles. The van der Waals surface area contributed by atoms with Crippen molar-refractivity contribution in [2.24, 2.45) is 0 Å². The van der Waals surface area contributed by atoms with Gasteiger partial charge >= 0.3 is 18.0 Å². The minimum Gasteiger partial charge on any atom is -0.480 e. The highest BCUT2D eigenvalue weighted by atomic mass is 16.5. The van der Waals surface area contributed by atoms with E-state index in [2.05, 4.69) is 10.6 Å². The van der Waals surface area contributed by atoms with Gasteiger partial charge in [-0.3, -0.25) is 4.79 Å². The number of nitrogens with one attached hydrogen (secondary N) is 2. The molecule has 0 saturated carbocycles. The SMILES string of the molecule is CCOC(=O)CCCNC(=O)N[C@H](C(=O)O)[C@@H](C)O. The molecule has 0 fully saturated rings. The number of ether oxygens (including phenoxy) is 1. The van der Waals surface area contributed by atoms with Gasteiger partial charge < -0.3 is 25.6 Å². The van der Waals surface area contributed by atoms with Gasteiger partial charge in [0.2, 0.25) is 0 Å². The summed E-state index contributed by atoms with van der Waals surface area (Å²) in [7, 11) is 0. The summed E-state index contributed by atoms with van der Waals surface area (Å²) in [5, 5.41) is 22.4. The number of aliphatic hydroxyl groups is 1. The molecule has 0 spiro atoms. The lowest BCUT2D eigenvalue weighted by Crippen LogP contribution is -2.51. The van der Waals surface area contributed by atoms with Crippen molar-refractivity contribution in [3.05, 3.63) is 0 Å². The Morgan fingerprint density at radius 1 is 1.32 bits per heavy atom. The number of rotatable bonds is 8. The van der Waals surface area contributed by atoms with E-state index in [9.17, 15) is 14.4 Å². The summed E-state index contributed by atoms with van der Waals surface area (Å²) in [4.78, 5) is 33.0. The van der Waals surface area contributed by atoms with Crippen LogP contribution >= 0.6 is 0 Å². The normalized spacial score (nSPS) is 13.2. The number of carboxylic acid groups (broad SMARTS) is 1. The second kappa shape index (κ2) is 9.15. The average Bonchev–Trinajstić information content (AvgIpc) is 2.31. The fraction of sp³-hybridized carbons (Fsp3) is 0.727. The monoisotopic (exact) mass is 276 g/mol. The molecule has 2 amide bonds. The molecule has 0 aliphatic heterocycles. The number of aliphatic carboxylic acids is 1. The Hall–Kier alpha value is -1.83. The number of carboxylic acids is 1. The molecular weight excluding hydrogens is 256 g/mol. The molecule has 0 aliphatic carbocycles. The quantitative estimate of drug-likeness (QED) is 0.348. The Balaban J connectivity index is 3.86. The van der Waals surface area contributed by atoms with E-state index in [4.69, 9.17) is 14.9 Å². The molecule has 8 nitrogen and oxygen atoms in total. The van der Waals surface area contributed by atoms with Gasteiger partial charge in [-0.25, -0.2) is 9.59 Å². The molecule has 0 unspecified atom stereocenters. The van der Waals surface area contributed by atoms with Crippen molar-refractivity contribution >= 4 is 18.0 Å². The molecule has 110 valence electrons. The smallest absolute Gasteiger partial charge is 0.328 e. The molecule has 0 rings (SSSR count). The number of aliphatic hydroxyl groups excluding tert-OH is 1. The minimum absolute atomic E-state index is 0.173. The number of esters is 1. The van der Waals surface area contributed by atoms with E-state index in [1.54, 1.807) is 6.92 Å². The van der Waals surface area contributed by atoms with Crippen LogP contribution in [0.25, 0.3) is 0 Å². The summed E-state index contributed by atoms with van der Waals surface area (Å²) in [6, 6.07) is -2.08. The first-order valence-electron chi connectivity index (χ1n) is 5.99. The highest BCUT2D eigenvalue weighted by molar-refractivity contribution is 5.82. The maximum absolute atomic E-state index is 11.3. The minimum atomic E-state index is -1.37. The summed E-state index contributed by atoms with van der Waals surface area (Å²) >= 11 is 0. The first-order chi connectivity index (χ1) is 8.88. The average molecular weight is 276 g/mol. The maximum atomic E-state index is 11.3. The van der Waals surface area contributed by atoms with Crippen LogP contribution in [-0.4, -0.2) is 53.5 Å². The zero-order chi connectivity index (χ0) is 14.8. The Labute approximate surface area is 111 Å². The lowest BCUT2D eigenvalue weighted by molar-refractivity contribution is -0.143. The van der Waals surface area contributed by atoms with Crippen LogP contribution in [-0.2, 0) is 14.3 Å². The number of hydrogen-bond donors (Lipinski definition) is 4. The van der Waals surface area contributed by atoms with Crippen molar-refractivity contribution < 1.29 is 29.3 Å². The molecule has 0 aromatic rings. The van der Waals surface area contributed by atoms with Crippen molar-refractivity contribution in [1.29, 1.82) is 0 Å². The Bertz CT molecular complexity index is 318. The molecular formula is C11H20N2O6. The van der Waals surface area contributed by atoms with E-state index < -0.39 is 24.1 Å². The predicted octanol–water partition coefficient (Wildman–Crippen LogP) is -0.537. The number of carbonyl (C=O) groups is 3. The molecule has 0 bridgehead atoms. The molecule has 0 heterocycles. The van der Waals surface area contributed by atoms with Gasteiger partial charge in [-0.15, -0.1) is 0 Å². The van der Waals surface area contributed by atoms with E-state index in [0.717, 1.165) is 0 Å². The summed E-state index contributed by atoms with van der Waals surface area (Å²) in [5.41, 5.74) is 0. The van der Waals surface area contributed by atoms with E-state index >= 15 is 0 Å². The van der Waals surface area contributed by atoms with Gasteiger partial charge in [0, 0.05) is 13.0 Å². The van der Waals surface area contributed by atoms with E-state index in [1.165, 1.54) is 6.92 Å². The number of carbonyl (C=O) groups excluding carboxylic acids is 2.